The van der Waals surface area contributed by atoms with Gasteiger partial charge in [0.15, 0.2) is 0 Å². The van der Waals surface area contributed by atoms with E-state index in [-0.39, 0.29) is 0 Å². The van der Waals surface area contributed by atoms with Crippen LogP contribution in [0.4, 0.5) is 0 Å². The first kappa shape index (κ1) is 17.1. The minimum Gasteiger partial charge on any atom is -0.543 e. The molecule has 2 rings (SSSR count). The van der Waals surface area contributed by atoms with Crippen molar-refractivity contribution in [1.82, 2.24) is 0 Å². The Bertz CT molecular complexity index is 621. The Balaban J connectivity index is 2.44. The number of hydrogen-bond acceptors (Lipinski definition) is 1. The maximum Gasteiger partial charge on any atom is 0.258 e. The van der Waals surface area contributed by atoms with E-state index in [0.29, 0.717) is 16.6 Å². The molecule has 0 aliphatic heterocycles. The first-order valence-corrected chi connectivity index (χ1v) is 10.6. The minimum absolute atomic E-state index is 0.598. The summed E-state index contributed by atoms with van der Waals surface area (Å²) in [5, 5.41) is 2.56. The Morgan fingerprint density at radius 2 is 1.23 bits per heavy atom. The Labute approximate surface area is 136 Å². The predicted octanol–water partition coefficient (Wildman–Crippen LogP) is 6.70. The maximum absolute atomic E-state index is 6.76. The molecule has 0 aromatic heterocycles. The van der Waals surface area contributed by atoms with Crippen molar-refractivity contribution in [2.24, 2.45) is 0 Å². The van der Waals surface area contributed by atoms with E-state index in [1.165, 1.54) is 16.3 Å². The third-order valence-corrected chi connectivity index (χ3v) is 11.0. The average molecular weight is 315 g/mol. The normalized spacial score (nSPS) is 12.6. The van der Waals surface area contributed by atoms with Gasteiger partial charge < -0.3 is 4.43 Å². The van der Waals surface area contributed by atoms with E-state index < -0.39 is 8.32 Å². The van der Waals surface area contributed by atoms with Crippen LogP contribution in [0.3, 0.4) is 0 Å². The summed E-state index contributed by atoms with van der Waals surface area (Å²) in [5.74, 6) is 1.04. The molecule has 1 nitrogen and oxygen atoms in total. The van der Waals surface area contributed by atoms with Gasteiger partial charge in [0.25, 0.3) is 8.32 Å². The van der Waals surface area contributed by atoms with Crippen LogP contribution in [-0.4, -0.2) is 8.32 Å². The highest BCUT2D eigenvalue weighted by Crippen LogP contribution is 2.43. The summed E-state index contributed by atoms with van der Waals surface area (Å²) >= 11 is 0. The molecule has 0 fully saturated rings. The van der Waals surface area contributed by atoms with Crippen molar-refractivity contribution in [2.45, 2.75) is 65.1 Å². The highest BCUT2D eigenvalue weighted by Gasteiger charge is 2.46. The molecule has 2 aromatic rings. The van der Waals surface area contributed by atoms with Crippen molar-refractivity contribution in [1.29, 1.82) is 0 Å². The van der Waals surface area contributed by atoms with E-state index in [1.807, 2.05) is 0 Å². The van der Waals surface area contributed by atoms with Gasteiger partial charge in [-0.3, -0.25) is 0 Å². The smallest absolute Gasteiger partial charge is 0.258 e. The highest BCUT2D eigenvalue weighted by atomic mass is 28.4. The molecule has 2 aromatic carbocycles. The lowest BCUT2D eigenvalue weighted by Crippen LogP contribution is -2.50. The third-order valence-electron chi connectivity index (χ3n) is 4.97. The van der Waals surface area contributed by atoms with Crippen LogP contribution < -0.4 is 4.43 Å². The Kier molecular flexibility index (Phi) is 5.01. The van der Waals surface area contributed by atoms with Crippen LogP contribution in [0.5, 0.6) is 5.75 Å². The SMILES string of the molecule is Cc1ccc2cc(O[Si](C(C)C)(C(C)C)C(C)C)ccc2c1. The molecule has 0 aliphatic carbocycles. The summed E-state index contributed by atoms with van der Waals surface area (Å²) in [6.07, 6.45) is 0. The summed E-state index contributed by atoms with van der Waals surface area (Å²) in [6, 6.07) is 13.2. The zero-order chi connectivity index (χ0) is 16.5. The average Bonchev–Trinajstić information content (AvgIpc) is 2.43. The van der Waals surface area contributed by atoms with E-state index in [0.717, 1.165) is 5.75 Å². The van der Waals surface area contributed by atoms with E-state index in [9.17, 15) is 0 Å². The van der Waals surface area contributed by atoms with Gasteiger partial charge in [0.2, 0.25) is 0 Å². The van der Waals surface area contributed by atoms with Crippen molar-refractivity contribution >= 4 is 19.1 Å². The monoisotopic (exact) mass is 314 g/mol. The molecule has 22 heavy (non-hydrogen) atoms. The second-order valence-corrected chi connectivity index (χ2v) is 12.8. The second kappa shape index (κ2) is 6.45. The standard InChI is InChI=1S/C20H30OSi/c1-14(2)22(15(3)4,16(5)6)21-20-11-10-18-12-17(7)8-9-19(18)13-20/h8-16H,1-7H3. The van der Waals surface area contributed by atoms with E-state index >= 15 is 0 Å². The lowest BCUT2D eigenvalue weighted by molar-refractivity contribution is 0.480. The van der Waals surface area contributed by atoms with Crippen LogP contribution in [-0.2, 0) is 0 Å². The van der Waals surface area contributed by atoms with Crippen LogP contribution in [0, 0.1) is 6.92 Å². The number of rotatable bonds is 5. The summed E-state index contributed by atoms with van der Waals surface area (Å²) in [6.45, 7) is 16.1. The van der Waals surface area contributed by atoms with Crippen molar-refractivity contribution < 1.29 is 4.43 Å². The molecule has 0 aliphatic rings. The quantitative estimate of drug-likeness (QED) is 0.558. The zero-order valence-electron chi connectivity index (χ0n) is 15.1. The van der Waals surface area contributed by atoms with Gasteiger partial charge in [0, 0.05) is 0 Å². The molecule has 0 N–H and O–H groups in total. The van der Waals surface area contributed by atoms with Gasteiger partial charge in [-0.15, -0.1) is 0 Å². The molecule has 0 saturated heterocycles. The van der Waals surface area contributed by atoms with Crippen LogP contribution in [0.2, 0.25) is 16.6 Å². The van der Waals surface area contributed by atoms with Gasteiger partial charge in [-0.1, -0.05) is 71.4 Å². The van der Waals surface area contributed by atoms with Crippen molar-refractivity contribution in [3.8, 4) is 5.75 Å². The van der Waals surface area contributed by atoms with Gasteiger partial charge in [-0.25, -0.2) is 0 Å². The summed E-state index contributed by atoms with van der Waals surface area (Å²) < 4.78 is 6.76. The molecular weight excluding hydrogens is 284 g/mol. The van der Waals surface area contributed by atoms with Gasteiger partial charge in [-0.05, 0) is 46.5 Å². The number of aryl methyl sites for hydroxylation is 1. The van der Waals surface area contributed by atoms with Crippen LogP contribution in [0.1, 0.15) is 47.1 Å². The fourth-order valence-corrected chi connectivity index (χ4v) is 9.21. The molecule has 0 atom stereocenters. The number of fused-ring (bicyclic) bond motifs is 1. The molecule has 2 heteroatoms. The van der Waals surface area contributed by atoms with Gasteiger partial charge in [0.1, 0.15) is 5.75 Å². The van der Waals surface area contributed by atoms with Crippen LogP contribution in [0.25, 0.3) is 10.8 Å². The van der Waals surface area contributed by atoms with E-state index in [2.05, 4.69) is 84.9 Å². The Morgan fingerprint density at radius 1 is 0.727 bits per heavy atom. The molecule has 0 unspecified atom stereocenters. The van der Waals surface area contributed by atoms with Crippen LogP contribution in [0.15, 0.2) is 36.4 Å². The molecule has 0 bridgehead atoms. The maximum atomic E-state index is 6.76. The van der Waals surface area contributed by atoms with Gasteiger partial charge in [0.05, 0.1) is 0 Å². The summed E-state index contributed by atoms with van der Waals surface area (Å²) in [5.41, 5.74) is 3.10. The number of hydrogen-bond donors (Lipinski definition) is 0. The largest absolute Gasteiger partial charge is 0.543 e. The van der Waals surface area contributed by atoms with Crippen LogP contribution >= 0.6 is 0 Å². The van der Waals surface area contributed by atoms with Crippen molar-refractivity contribution in [2.75, 3.05) is 0 Å². The van der Waals surface area contributed by atoms with E-state index in [4.69, 9.17) is 4.43 Å². The second-order valence-electron chi connectivity index (χ2n) is 7.43. The highest BCUT2D eigenvalue weighted by molar-refractivity contribution is 6.78. The number of benzene rings is 2. The predicted molar refractivity (Wildman–Crippen MR) is 100 cm³/mol. The fourth-order valence-electron chi connectivity index (χ4n) is 3.96. The first-order valence-electron chi connectivity index (χ1n) is 8.46. The lowest BCUT2D eigenvalue weighted by atomic mass is 10.1. The molecule has 0 amide bonds. The molecule has 120 valence electrons. The molecular formula is C20H30OSi. The molecule has 0 radical (unpaired) electrons. The fraction of sp³-hybridized carbons (Fsp3) is 0.500. The van der Waals surface area contributed by atoms with Crippen molar-refractivity contribution in [3.05, 3.63) is 42.0 Å². The zero-order valence-corrected chi connectivity index (χ0v) is 16.1. The first-order chi connectivity index (χ1) is 10.3. The van der Waals surface area contributed by atoms with Gasteiger partial charge in [-0.2, -0.15) is 0 Å². The molecule has 0 heterocycles. The Hall–Kier alpha value is -1.28. The summed E-state index contributed by atoms with van der Waals surface area (Å²) in [4.78, 5) is 0. The minimum atomic E-state index is -1.87. The van der Waals surface area contributed by atoms with E-state index in [1.54, 1.807) is 0 Å². The van der Waals surface area contributed by atoms with Crippen molar-refractivity contribution in [3.63, 3.8) is 0 Å². The Morgan fingerprint density at radius 3 is 1.77 bits per heavy atom. The topological polar surface area (TPSA) is 9.23 Å². The molecule has 0 saturated carbocycles. The third kappa shape index (κ3) is 3.07. The lowest BCUT2D eigenvalue weighted by Gasteiger charge is -2.42. The van der Waals surface area contributed by atoms with Gasteiger partial charge >= 0.3 is 0 Å². The summed E-state index contributed by atoms with van der Waals surface area (Å²) in [7, 11) is -1.87. The molecule has 0 spiro atoms.